The van der Waals surface area contributed by atoms with Crippen molar-refractivity contribution in [2.24, 2.45) is 0 Å². The number of piperazine rings is 1. The molecule has 0 aromatic rings. The molecule has 1 fully saturated rings. The molecule has 0 aliphatic carbocycles. The van der Waals surface area contributed by atoms with E-state index in [1.54, 1.807) is 4.31 Å². The standard InChI is InChI=1S/C20H42N2O2S/c1-2-3-4-5-6-7-8-9-10-11-12-13-14-15-20-25(23,24)22-18-16-21-17-19-22/h21H,2-20H2,1H3. The van der Waals surface area contributed by atoms with Gasteiger partial charge in [0.25, 0.3) is 0 Å². The van der Waals surface area contributed by atoms with Crippen molar-refractivity contribution in [3.05, 3.63) is 0 Å². The molecule has 1 heterocycles. The molecule has 1 rings (SSSR count). The topological polar surface area (TPSA) is 49.4 Å². The Hall–Kier alpha value is -0.130. The molecular weight excluding hydrogens is 332 g/mol. The van der Waals surface area contributed by atoms with Crippen LogP contribution in [0.3, 0.4) is 0 Å². The van der Waals surface area contributed by atoms with Crippen molar-refractivity contribution in [1.82, 2.24) is 9.62 Å². The Kier molecular flexibility index (Phi) is 13.7. The van der Waals surface area contributed by atoms with Crippen LogP contribution in [0.2, 0.25) is 0 Å². The van der Waals surface area contributed by atoms with Crippen LogP contribution in [-0.4, -0.2) is 44.7 Å². The maximum atomic E-state index is 12.2. The molecule has 150 valence electrons. The van der Waals surface area contributed by atoms with Gasteiger partial charge in [-0.3, -0.25) is 0 Å². The molecule has 0 radical (unpaired) electrons. The van der Waals surface area contributed by atoms with Gasteiger partial charge in [0.15, 0.2) is 0 Å². The largest absolute Gasteiger partial charge is 0.314 e. The molecule has 0 spiro atoms. The van der Waals surface area contributed by atoms with Crippen LogP contribution >= 0.6 is 0 Å². The smallest absolute Gasteiger partial charge is 0.214 e. The van der Waals surface area contributed by atoms with Crippen LogP contribution < -0.4 is 5.32 Å². The number of nitrogens with zero attached hydrogens (tertiary/aromatic N) is 1. The second-order valence-electron chi connectivity index (χ2n) is 7.56. The number of unbranched alkanes of at least 4 members (excludes halogenated alkanes) is 13. The fourth-order valence-corrected chi connectivity index (χ4v) is 5.10. The number of rotatable bonds is 16. The molecule has 4 nitrogen and oxygen atoms in total. The summed E-state index contributed by atoms with van der Waals surface area (Å²) < 4.78 is 26.1. The highest BCUT2D eigenvalue weighted by atomic mass is 32.2. The minimum Gasteiger partial charge on any atom is -0.314 e. The summed E-state index contributed by atoms with van der Waals surface area (Å²) >= 11 is 0. The van der Waals surface area contributed by atoms with E-state index in [4.69, 9.17) is 0 Å². The summed E-state index contributed by atoms with van der Waals surface area (Å²) in [5.41, 5.74) is 0. The van der Waals surface area contributed by atoms with E-state index in [9.17, 15) is 8.42 Å². The Morgan fingerprint density at radius 1 is 0.680 bits per heavy atom. The Morgan fingerprint density at radius 3 is 1.52 bits per heavy atom. The molecule has 25 heavy (non-hydrogen) atoms. The van der Waals surface area contributed by atoms with E-state index in [0.717, 1.165) is 25.9 Å². The highest BCUT2D eigenvalue weighted by molar-refractivity contribution is 7.89. The predicted octanol–water partition coefficient (Wildman–Crippen LogP) is 4.70. The lowest BCUT2D eigenvalue weighted by Crippen LogP contribution is -2.47. The summed E-state index contributed by atoms with van der Waals surface area (Å²) in [5.74, 6) is 0.338. The average Bonchev–Trinajstić information content (AvgIpc) is 2.63. The summed E-state index contributed by atoms with van der Waals surface area (Å²) in [6, 6.07) is 0. The summed E-state index contributed by atoms with van der Waals surface area (Å²) in [5, 5.41) is 3.20. The average molecular weight is 375 g/mol. The molecule has 0 aromatic carbocycles. The van der Waals surface area contributed by atoms with Crippen molar-refractivity contribution in [3.63, 3.8) is 0 Å². The first kappa shape index (κ1) is 22.9. The van der Waals surface area contributed by atoms with E-state index in [1.165, 1.54) is 77.0 Å². The van der Waals surface area contributed by atoms with Crippen LogP contribution in [0.5, 0.6) is 0 Å². The number of hydrogen-bond acceptors (Lipinski definition) is 3. The third kappa shape index (κ3) is 12.0. The van der Waals surface area contributed by atoms with Crippen molar-refractivity contribution in [2.45, 2.75) is 96.8 Å². The number of sulfonamides is 1. The van der Waals surface area contributed by atoms with E-state index >= 15 is 0 Å². The van der Waals surface area contributed by atoms with E-state index in [1.807, 2.05) is 0 Å². The zero-order chi connectivity index (χ0) is 18.2. The van der Waals surface area contributed by atoms with Crippen LogP contribution in [0.1, 0.15) is 96.8 Å². The third-order valence-corrected chi connectivity index (χ3v) is 7.18. The minimum atomic E-state index is -3.01. The SMILES string of the molecule is CCCCCCCCCCCCCCCCS(=O)(=O)N1CCNCC1. The minimum absolute atomic E-state index is 0.338. The zero-order valence-electron chi connectivity index (χ0n) is 16.6. The highest BCUT2D eigenvalue weighted by Crippen LogP contribution is 2.13. The van der Waals surface area contributed by atoms with Gasteiger partial charge in [0.05, 0.1) is 5.75 Å². The molecular formula is C20H42N2O2S. The first-order chi connectivity index (χ1) is 12.2. The molecule has 0 atom stereocenters. The van der Waals surface area contributed by atoms with E-state index in [2.05, 4.69) is 12.2 Å². The monoisotopic (exact) mass is 374 g/mol. The van der Waals surface area contributed by atoms with Gasteiger partial charge < -0.3 is 5.32 Å². The fourth-order valence-electron chi connectivity index (χ4n) is 3.53. The van der Waals surface area contributed by atoms with Gasteiger partial charge in [0.1, 0.15) is 0 Å². The Labute approximate surface area is 157 Å². The van der Waals surface area contributed by atoms with E-state index in [-0.39, 0.29) is 0 Å². The maximum absolute atomic E-state index is 12.2. The van der Waals surface area contributed by atoms with Gasteiger partial charge in [-0.05, 0) is 6.42 Å². The molecule has 1 N–H and O–H groups in total. The maximum Gasteiger partial charge on any atom is 0.214 e. The van der Waals surface area contributed by atoms with Crippen LogP contribution in [0.4, 0.5) is 0 Å². The predicted molar refractivity (Wildman–Crippen MR) is 109 cm³/mol. The summed E-state index contributed by atoms with van der Waals surface area (Å²) in [7, 11) is -3.01. The van der Waals surface area contributed by atoms with Crippen LogP contribution in [-0.2, 0) is 10.0 Å². The summed E-state index contributed by atoms with van der Waals surface area (Å²) in [6.07, 6.45) is 18.2. The normalized spacial score (nSPS) is 16.4. The zero-order valence-corrected chi connectivity index (χ0v) is 17.4. The molecule has 0 unspecified atom stereocenters. The van der Waals surface area contributed by atoms with Crippen molar-refractivity contribution in [3.8, 4) is 0 Å². The first-order valence-corrected chi connectivity index (χ1v) is 12.5. The van der Waals surface area contributed by atoms with Crippen LogP contribution in [0.25, 0.3) is 0 Å². The Morgan fingerprint density at radius 2 is 1.08 bits per heavy atom. The summed E-state index contributed by atoms with van der Waals surface area (Å²) in [4.78, 5) is 0. The Bertz CT molecular complexity index is 393. The Balaban J connectivity index is 1.84. The lowest BCUT2D eigenvalue weighted by molar-refractivity contribution is 0.359. The lowest BCUT2D eigenvalue weighted by atomic mass is 10.0. The van der Waals surface area contributed by atoms with Crippen molar-refractivity contribution >= 4 is 10.0 Å². The second kappa shape index (κ2) is 15.0. The van der Waals surface area contributed by atoms with Crippen LogP contribution in [0.15, 0.2) is 0 Å². The fraction of sp³-hybridized carbons (Fsp3) is 1.00. The molecule has 5 heteroatoms. The van der Waals surface area contributed by atoms with Crippen molar-refractivity contribution in [1.29, 1.82) is 0 Å². The molecule has 1 saturated heterocycles. The quantitative estimate of drug-likeness (QED) is 0.398. The highest BCUT2D eigenvalue weighted by Gasteiger charge is 2.22. The van der Waals surface area contributed by atoms with E-state index in [0.29, 0.717) is 18.8 Å². The van der Waals surface area contributed by atoms with Gasteiger partial charge in [0.2, 0.25) is 10.0 Å². The molecule has 1 aliphatic rings. The van der Waals surface area contributed by atoms with Crippen LogP contribution in [0, 0.1) is 0 Å². The van der Waals surface area contributed by atoms with Gasteiger partial charge in [-0.1, -0.05) is 90.4 Å². The van der Waals surface area contributed by atoms with E-state index < -0.39 is 10.0 Å². The molecule has 0 saturated carbocycles. The molecule has 1 aliphatic heterocycles. The van der Waals surface area contributed by atoms with Crippen molar-refractivity contribution < 1.29 is 8.42 Å². The van der Waals surface area contributed by atoms with Gasteiger partial charge in [0, 0.05) is 26.2 Å². The third-order valence-electron chi connectivity index (χ3n) is 5.23. The summed E-state index contributed by atoms with van der Waals surface area (Å²) in [6.45, 7) is 5.13. The van der Waals surface area contributed by atoms with Gasteiger partial charge in [-0.15, -0.1) is 0 Å². The molecule has 0 amide bonds. The van der Waals surface area contributed by atoms with Crippen molar-refractivity contribution in [2.75, 3.05) is 31.9 Å². The van der Waals surface area contributed by atoms with Gasteiger partial charge in [-0.25, -0.2) is 8.42 Å². The van der Waals surface area contributed by atoms with Gasteiger partial charge in [-0.2, -0.15) is 4.31 Å². The van der Waals surface area contributed by atoms with Gasteiger partial charge >= 0.3 is 0 Å². The first-order valence-electron chi connectivity index (χ1n) is 10.9. The molecule has 0 bridgehead atoms. The number of hydrogen-bond donors (Lipinski definition) is 1. The molecule has 0 aromatic heterocycles. The number of nitrogens with one attached hydrogen (secondary N) is 1. The lowest BCUT2D eigenvalue weighted by Gasteiger charge is -2.26. The second-order valence-corrected chi connectivity index (χ2v) is 9.65.